The number of carboxylic acid groups (broad SMARTS) is 1. The summed E-state index contributed by atoms with van der Waals surface area (Å²) in [5, 5.41) is 9.41. The van der Waals surface area contributed by atoms with Crippen LogP contribution in [-0.4, -0.2) is 42.7 Å². The van der Waals surface area contributed by atoms with E-state index in [-0.39, 0.29) is 0 Å². The van der Waals surface area contributed by atoms with Crippen molar-refractivity contribution < 1.29 is 19.4 Å². The van der Waals surface area contributed by atoms with Gasteiger partial charge in [-0.05, 0) is 66.6 Å². The first-order chi connectivity index (χ1) is 14.0. The van der Waals surface area contributed by atoms with Gasteiger partial charge in [-0.1, -0.05) is 18.2 Å². The summed E-state index contributed by atoms with van der Waals surface area (Å²) in [6.45, 7) is 3.28. The van der Waals surface area contributed by atoms with Gasteiger partial charge in [0, 0.05) is 25.0 Å². The summed E-state index contributed by atoms with van der Waals surface area (Å²) >= 11 is 0. The fraction of sp³-hybridized carbons (Fsp3) is 0.458. The van der Waals surface area contributed by atoms with Crippen LogP contribution < -0.4 is 9.47 Å². The Morgan fingerprint density at radius 1 is 1.03 bits per heavy atom. The van der Waals surface area contributed by atoms with Crippen molar-refractivity contribution in [2.75, 3.05) is 26.7 Å². The second kappa shape index (κ2) is 6.77. The highest BCUT2D eigenvalue weighted by Gasteiger charge is 2.55. The first kappa shape index (κ1) is 18.5. The zero-order chi connectivity index (χ0) is 20.1. The Labute approximate surface area is 171 Å². The van der Waals surface area contributed by atoms with E-state index in [9.17, 15) is 9.90 Å². The van der Waals surface area contributed by atoms with E-state index >= 15 is 0 Å². The number of benzene rings is 2. The van der Waals surface area contributed by atoms with Crippen molar-refractivity contribution in [3.8, 4) is 11.5 Å². The number of hydrogen-bond acceptors (Lipinski definition) is 4. The lowest BCUT2D eigenvalue weighted by molar-refractivity contribution is -0.145. The molecule has 0 radical (unpaired) electrons. The first-order valence-electron chi connectivity index (χ1n) is 10.3. The molecule has 2 aliphatic carbocycles. The maximum Gasteiger partial charge on any atom is 0.310 e. The van der Waals surface area contributed by atoms with Gasteiger partial charge in [0.2, 0.25) is 0 Å². The highest BCUT2D eigenvalue weighted by Crippen LogP contribution is 2.51. The van der Waals surface area contributed by atoms with Crippen molar-refractivity contribution in [2.45, 2.75) is 32.3 Å². The number of carbonyl (C=O) groups is 1. The minimum absolute atomic E-state index is 0.297. The first-order valence-corrected chi connectivity index (χ1v) is 10.3. The fourth-order valence-corrected chi connectivity index (χ4v) is 5.04. The van der Waals surface area contributed by atoms with Gasteiger partial charge in [-0.3, -0.25) is 4.79 Å². The van der Waals surface area contributed by atoms with Gasteiger partial charge < -0.3 is 19.5 Å². The molecule has 29 heavy (non-hydrogen) atoms. The van der Waals surface area contributed by atoms with Gasteiger partial charge in [-0.2, -0.15) is 0 Å². The van der Waals surface area contributed by atoms with E-state index in [1.807, 2.05) is 24.3 Å². The van der Waals surface area contributed by atoms with E-state index in [2.05, 4.69) is 23.1 Å². The number of ether oxygens (including phenoxy) is 2. The molecular weight excluding hydrogens is 366 g/mol. The third-order valence-corrected chi connectivity index (χ3v) is 6.82. The van der Waals surface area contributed by atoms with Gasteiger partial charge in [-0.25, -0.2) is 0 Å². The average Bonchev–Trinajstić information content (AvgIpc) is 3.38. The molecule has 1 spiro atoms. The van der Waals surface area contributed by atoms with Gasteiger partial charge in [0.1, 0.15) is 18.1 Å². The number of aliphatic carboxylic acids is 1. The van der Waals surface area contributed by atoms with E-state index in [0.717, 1.165) is 62.4 Å². The van der Waals surface area contributed by atoms with E-state index < -0.39 is 11.4 Å². The van der Waals surface area contributed by atoms with Gasteiger partial charge in [0.25, 0.3) is 0 Å². The number of fused-ring (bicyclic) bond motifs is 1. The summed E-state index contributed by atoms with van der Waals surface area (Å²) in [4.78, 5) is 13.8. The van der Waals surface area contributed by atoms with Crippen molar-refractivity contribution in [1.29, 1.82) is 0 Å². The van der Waals surface area contributed by atoms with Crippen LogP contribution in [0.1, 0.15) is 29.5 Å². The van der Waals surface area contributed by atoms with Crippen LogP contribution in [0.5, 0.6) is 11.5 Å². The van der Waals surface area contributed by atoms with E-state index in [4.69, 9.17) is 9.47 Å². The molecule has 0 amide bonds. The Hall–Kier alpha value is -2.53. The van der Waals surface area contributed by atoms with Crippen LogP contribution in [0.15, 0.2) is 42.5 Å². The molecule has 0 unspecified atom stereocenters. The SMILES string of the molecule is COc1ccc(COc2ccc3c(c2)CC2(C3)CN(CC3(C(=O)O)CC3)C2)cc1. The summed E-state index contributed by atoms with van der Waals surface area (Å²) in [7, 11) is 1.67. The van der Waals surface area contributed by atoms with Gasteiger partial charge in [-0.15, -0.1) is 0 Å². The number of carboxylic acids is 1. The minimum Gasteiger partial charge on any atom is -0.497 e. The monoisotopic (exact) mass is 393 g/mol. The molecule has 5 rings (SSSR count). The quantitative estimate of drug-likeness (QED) is 0.780. The molecule has 0 aromatic heterocycles. The van der Waals surface area contributed by atoms with Crippen LogP contribution in [0.2, 0.25) is 0 Å². The molecule has 1 heterocycles. The zero-order valence-corrected chi connectivity index (χ0v) is 16.8. The summed E-state index contributed by atoms with van der Waals surface area (Å²) in [5.74, 6) is 1.14. The number of nitrogens with zero attached hydrogens (tertiary/aromatic N) is 1. The lowest BCUT2D eigenvalue weighted by Crippen LogP contribution is -2.58. The van der Waals surface area contributed by atoms with Crippen LogP contribution in [0, 0.1) is 10.8 Å². The molecule has 2 aromatic rings. The van der Waals surface area contributed by atoms with Crippen molar-refractivity contribution in [2.24, 2.45) is 10.8 Å². The Bertz CT molecular complexity index is 926. The van der Waals surface area contributed by atoms with Crippen molar-refractivity contribution in [3.05, 3.63) is 59.2 Å². The lowest BCUT2D eigenvalue weighted by atomic mass is 9.76. The van der Waals surface area contributed by atoms with Gasteiger partial charge >= 0.3 is 5.97 Å². The highest BCUT2D eigenvalue weighted by atomic mass is 16.5. The summed E-state index contributed by atoms with van der Waals surface area (Å²) < 4.78 is 11.2. The fourth-order valence-electron chi connectivity index (χ4n) is 5.04. The molecule has 5 heteroatoms. The Kier molecular flexibility index (Phi) is 4.32. The zero-order valence-electron chi connectivity index (χ0n) is 16.8. The normalized spacial score (nSPS) is 20.7. The smallest absolute Gasteiger partial charge is 0.310 e. The van der Waals surface area contributed by atoms with E-state index in [0.29, 0.717) is 12.0 Å². The molecule has 0 atom stereocenters. The molecular formula is C24H27NO4. The third kappa shape index (κ3) is 3.48. The van der Waals surface area contributed by atoms with Crippen LogP contribution in [0.25, 0.3) is 0 Å². The summed E-state index contributed by atoms with van der Waals surface area (Å²) in [6.07, 6.45) is 3.83. The standard InChI is InChI=1S/C24H27NO4/c1-28-20-5-2-17(3-6-20)13-29-21-7-4-18-11-23(12-19(18)10-21)14-25(15-23)16-24(8-9-24)22(26)27/h2-7,10H,8-9,11-16H2,1H3,(H,26,27). The maximum absolute atomic E-state index is 11.4. The van der Waals surface area contributed by atoms with Crippen molar-refractivity contribution in [1.82, 2.24) is 4.90 Å². The molecule has 3 aliphatic rings. The number of likely N-dealkylation sites (tertiary alicyclic amines) is 1. The van der Waals surface area contributed by atoms with Crippen LogP contribution >= 0.6 is 0 Å². The van der Waals surface area contributed by atoms with Crippen molar-refractivity contribution in [3.63, 3.8) is 0 Å². The molecule has 2 fully saturated rings. The molecule has 1 saturated carbocycles. The second-order valence-corrected chi connectivity index (χ2v) is 9.15. The average molecular weight is 393 g/mol. The van der Waals surface area contributed by atoms with Crippen LogP contribution in [-0.2, 0) is 24.2 Å². The van der Waals surface area contributed by atoms with Crippen molar-refractivity contribution >= 4 is 5.97 Å². The van der Waals surface area contributed by atoms with E-state index in [1.54, 1.807) is 7.11 Å². The number of rotatable bonds is 7. The molecule has 0 bridgehead atoms. The molecule has 5 nitrogen and oxygen atoms in total. The maximum atomic E-state index is 11.4. The molecule has 1 saturated heterocycles. The lowest BCUT2D eigenvalue weighted by Gasteiger charge is -2.49. The topological polar surface area (TPSA) is 59.0 Å². The molecule has 2 aromatic carbocycles. The van der Waals surface area contributed by atoms with Crippen LogP contribution in [0.3, 0.4) is 0 Å². The predicted octanol–water partition coefficient (Wildman–Crippen LogP) is 3.54. The van der Waals surface area contributed by atoms with Gasteiger partial charge in [0.05, 0.1) is 12.5 Å². The minimum atomic E-state index is -0.619. The van der Waals surface area contributed by atoms with E-state index in [1.165, 1.54) is 11.1 Å². The Morgan fingerprint density at radius 3 is 2.38 bits per heavy atom. The number of methoxy groups -OCH3 is 1. The summed E-state index contributed by atoms with van der Waals surface area (Å²) in [6, 6.07) is 14.4. The molecule has 1 aliphatic heterocycles. The van der Waals surface area contributed by atoms with Gasteiger partial charge in [0.15, 0.2) is 0 Å². The largest absolute Gasteiger partial charge is 0.497 e. The molecule has 1 N–H and O–H groups in total. The Morgan fingerprint density at radius 2 is 1.72 bits per heavy atom. The van der Waals surface area contributed by atoms with Crippen LogP contribution in [0.4, 0.5) is 0 Å². The highest BCUT2D eigenvalue weighted by molar-refractivity contribution is 5.78. The predicted molar refractivity (Wildman–Crippen MR) is 109 cm³/mol. The number of hydrogen-bond donors (Lipinski definition) is 1. The third-order valence-electron chi connectivity index (χ3n) is 6.82. The second-order valence-electron chi connectivity index (χ2n) is 9.15. The Balaban J connectivity index is 1.17. The molecule has 152 valence electrons. The summed E-state index contributed by atoms with van der Waals surface area (Å²) in [5.41, 5.74) is 3.77.